The third kappa shape index (κ3) is 4.16. The van der Waals surface area contributed by atoms with Crippen molar-refractivity contribution < 1.29 is 22.0 Å². The van der Waals surface area contributed by atoms with Gasteiger partial charge in [0, 0.05) is 18.7 Å². The van der Waals surface area contributed by atoms with Gasteiger partial charge in [0.05, 0.1) is 5.92 Å². The monoisotopic (exact) mass is 293 g/mol. The number of rotatable bonds is 3. The molecule has 1 aromatic carbocycles. The summed E-state index contributed by atoms with van der Waals surface area (Å²) in [4.78, 5) is 0. The van der Waals surface area contributed by atoms with Crippen molar-refractivity contribution in [2.24, 2.45) is 5.92 Å². The Morgan fingerprint density at radius 2 is 1.50 bits per heavy atom. The maximum Gasteiger partial charge on any atom is 0.391 e. The fraction of sp³-hybridized carbons (Fsp3) is 0.571. The molecule has 1 fully saturated rings. The zero-order valence-corrected chi connectivity index (χ0v) is 10.8. The first-order chi connectivity index (χ1) is 9.34. The van der Waals surface area contributed by atoms with Crippen molar-refractivity contribution in [3.8, 4) is 0 Å². The van der Waals surface area contributed by atoms with Crippen LogP contribution in [0.4, 0.5) is 22.0 Å². The lowest BCUT2D eigenvalue weighted by atomic mass is 9.85. The van der Waals surface area contributed by atoms with Gasteiger partial charge in [0.1, 0.15) is 11.6 Å². The van der Waals surface area contributed by atoms with Gasteiger partial charge in [0.2, 0.25) is 0 Å². The summed E-state index contributed by atoms with van der Waals surface area (Å²) >= 11 is 0. The highest BCUT2D eigenvalue weighted by atomic mass is 19.4. The minimum Gasteiger partial charge on any atom is -0.310 e. The Hall–Kier alpha value is -1.17. The van der Waals surface area contributed by atoms with Crippen molar-refractivity contribution in [1.29, 1.82) is 0 Å². The normalized spacial score (nSPS) is 23.9. The summed E-state index contributed by atoms with van der Waals surface area (Å²) < 4.78 is 63.5. The standard InChI is InChI=1S/C14H16F5N/c15-11-5-9(6-12(16)7-11)8-20-13-3-1-10(2-4-13)14(17,18)19/h5-7,10,13,20H,1-4,8H2. The number of hydrogen-bond donors (Lipinski definition) is 1. The summed E-state index contributed by atoms with van der Waals surface area (Å²) in [6, 6.07) is 3.20. The molecule has 1 N–H and O–H groups in total. The van der Waals surface area contributed by atoms with Crippen molar-refractivity contribution in [2.75, 3.05) is 0 Å². The van der Waals surface area contributed by atoms with Gasteiger partial charge in [-0.2, -0.15) is 13.2 Å². The van der Waals surface area contributed by atoms with Crippen LogP contribution in [-0.4, -0.2) is 12.2 Å². The van der Waals surface area contributed by atoms with Gasteiger partial charge in [-0.25, -0.2) is 8.78 Å². The summed E-state index contributed by atoms with van der Waals surface area (Å²) in [5.74, 6) is -2.52. The second kappa shape index (κ2) is 6.08. The molecule has 0 unspecified atom stereocenters. The quantitative estimate of drug-likeness (QED) is 0.825. The van der Waals surface area contributed by atoms with E-state index in [9.17, 15) is 22.0 Å². The second-order valence-electron chi connectivity index (χ2n) is 5.25. The van der Waals surface area contributed by atoms with E-state index in [0.29, 0.717) is 18.4 Å². The second-order valence-corrected chi connectivity index (χ2v) is 5.25. The van der Waals surface area contributed by atoms with E-state index in [4.69, 9.17) is 0 Å². The molecule has 0 atom stereocenters. The van der Waals surface area contributed by atoms with E-state index in [1.165, 1.54) is 12.1 Å². The maximum absolute atomic E-state index is 13.0. The lowest BCUT2D eigenvalue weighted by molar-refractivity contribution is -0.182. The Labute approximate surface area is 114 Å². The molecule has 1 nitrogen and oxygen atoms in total. The molecule has 6 heteroatoms. The molecule has 0 spiro atoms. The van der Waals surface area contributed by atoms with Crippen LogP contribution in [0.25, 0.3) is 0 Å². The lowest BCUT2D eigenvalue weighted by Gasteiger charge is -2.30. The van der Waals surface area contributed by atoms with Crippen molar-refractivity contribution in [1.82, 2.24) is 5.32 Å². The average Bonchev–Trinajstić information content (AvgIpc) is 2.35. The smallest absolute Gasteiger partial charge is 0.310 e. The van der Waals surface area contributed by atoms with E-state index >= 15 is 0 Å². The Morgan fingerprint density at radius 3 is 2.00 bits per heavy atom. The molecular weight excluding hydrogens is 277 g/mol. The largest absolute Gasteiger partial charge is 0.391 e. The molecule has 0 aromatic heterocycles. The molecule has 0 radical (unpaired) electrons. The fourth-order valence-corrected chi connectivity index (χ4v) is 2.60. The van der Waals surface area contributed by atoms with Crippen LogP contribution < -0.4 is 5.32 Å². The van der Waals surface area contributed by atoms with E-state index in [1.807, 2.05) is 0 Å². The molecule has 0 aliphatic heterocycles. The van der Waals surface area contributed by atoms with Crippen LogP contribution >= 0.6 is 0 Å². The minimum absolute atomic E-state index is 0.0278. The van der Waals surface area contributed by atoms with Gasteiger partial charge in [0.25, 0.3) is 0 Å². The molecule has 1 aliphatic carbocycles. The van der Waals surface area contributed by atoms with Crippen molar-refractivity contribution in [2.45, 2.75) is 44.4 Å². The van der Waals surface area contributed by atoms with Crippen molar-refractivity contribution >= 4 is 0 Å². The van der Waals surface area contributed by atoms with Gasteiger partial charge in [0.15, 0.2) is 0 Å². The number of nitrogens with one attached hydrogen (secondary N) is 1. The zero-order valence-electron chi connectivity index (χ0n) is 10.8. The van der Waals surface area contributed by atoms with Gasteiger partial charge in [-0.3, -0.25) is 0 Å². The topological polar surface area (TPSA) is 12.0 Å². The van der Waals surface area contributed by atoms with Crippen molar-refractivity contribution in [3.05, 3.63) is 35.4 Å². The Bertz CT molecular complexity index is 429. The van der Waals surface area contributed by atoms with Crippen LogP contribution in [0, 0.1) is 17.6 Å². The molecule has 0 amide bonds. The predicted octanol–water partition coefficient (Wildman–Crippen LogP) is 4.18. The van der Waals surface area contributed by atoms with Crippen LogP contribution in [0.2, 0.25) is 0 Å². The number of benzene rings is 1. The summed E-state index contributed by atoms with van der Waals surface area (Å²) in [6.45, 7) is 0.260. The van der Waals surface area contributed by atoms with Gasteiger partial charge in [-0.1, -0.05) is 0 Å². The predicted molar refractivity (Wildman–Crippen MR) is 65.0 cm³/mol. The molecule has 0 saturated heterocycles. The highest BCUT2D eigenvalue weighted by molar-refractivity contribution is 5.17. The first kappa shape index (κ1) is 15.2. The van der Waals surface area contributed by atoms with Gasteiger partial charge < -0.3 is 5.32 Å². The number of halogens is 5. The average molecular weight is 293 g/mol. The van der Waals surface area contributed by atoms with E-state index in [2.05, 4.69) is 5.32 Å². The molecule has 1 aromatic rings. The summed E-state index contributed by atoms with van der Waals surface area (Å²) in [5, 5.41) is 3.06. The minimum atomic E-state index is -4.11. The first-order valence-corrected chi connectivity index (χ1v) is 6.59. The zero-order chi connectivity index (χ0) is 14.8. The maximum atomic E-state index is 13.0. The van der Waals surface area contributed by atoms with Gasteiger partial charge in [-0.15, -0.1) is 0 Å². The summed E-state index contributed by atoms with van der Waals surface area (Å²) in [6.07, 6.45) is -3.03. The summed E-state index contributed by atoms with van der Waals surface area (Å²) in [7, 11) is 0. The Kier molecular flexibility index (Phi) is 4.62. The van der Waals surface area contributed by atoms with Gasteiger partial charge in [-0.05, 0) is 43.4 Å². The molecule has 20 heavy (non-hydrogen) atoms. The first-order valence-electron chi connectivity index (χ1n) is 6.59. The SMILES string of the molecule is Fc1cc(F)cc(CNC2CCC(C(F)(F)F)CC2)c1. The third-order valence-electron chi connectivity index (χ3n) is 3.71. The van der Waals surface area contributed by atoms with Crippen LogP contribution in [0.15, 0.2) is 18.2 Å². The highest BCUT2D eigenvalue weighted by Gasteiger charge is 2.41. The molecule has 112 valence electrons. The van der Waals surface area contributed by atoms with E-state index in [0.717, 1.165) is 6.07 Å². The van der Waals surface area contributed by atoms with E-state index < -0.39 is 23.7 Å². The van der Waals surface area contributed by atoms with Crippen LogP contribution in [-0.2, 0) is 6.54 Å². The Balaban J connectivity index is 1.81. The number of alkyl halides is 3. The fourth-order valence-electron chi connectivity index (χ4n) is 2.60. The summed E-state index contributed by atoms with van der Waals surface area (Å²) in [5.41, 5.74) is 0.459. The molecular formula is C14H16F5N. The van der Waals surface area contributed by atoms with Crippen molar-refractivity contribution in [3.63, 3.8) is 0 Å². The number of hydrogen-bond acceptors (Lipinski definition) is 1. The molecule has 2 rings (SSSR count). The highest BCUT2D eigenvalue weighted by Crippen LogP contribution is 2.37. The molecule has 0 heterocycles. The molecule has 1 saturated carbocycles. The Morgan fingerprint density at radius 1 is 0.950 bits per heavy atom. The van der Waals surface area contributed by atoms with E-state index in [-0.39, 0.29) is 25.4 Å². The van der Waals surface area contributed by atoms with Gasteiger partial charge >= 0.3 is 6.18 Å². The molecule has 0 bridgehead atoms. The van der Waals surface area contributed by atoms with E-state index in [1.54, 1.807) is 0 Å². The lowest BCUT2D eigenvalue weighted by Crippen LogP contribution is -2.36. The van der Waals surface area contributed by atoms with Crippen LogP contribution in [0.3, 0.4) is 0 Å². The van der Waals surface area contributed by atoms with Crippen LogP contribution in [0.1, 0.15) is 31.2 Å². The molecule has 1 aliphatic rings. The third-order valence-corrected chi connectivity index (χ3v) is 3.71. The van der Waals surface area contributed by atoms with Crippen LogP contribution in [0.5, 0.6) is 0 Å².